The van der Waals surface area contributed by atoms with Crippen LogP contribution in [0.2, 0.25) is 0 Å². The molecule has 1 amide bonds. The number of likely N-dealkylation sites (tertiary alicyclic amines) is 1. The van der Waals surface area contributed by atoms with E-state index < -0.39 is 5.60 Å². The summed E-state index contributed by atoms with van der Waals surface area (Å²) in [7, 11) is 0. The normalized spacial score (nSPS) is 30.3. The molecule has 134 valence electrons. The van der Waals surface area contributed by atoms with Crippen molar-refractivity contribution in [2.45, 2.75) is 71.6 Å². The third-order valence-corrected chi connectivity index (χ3v) is 5.05. The Balaban J connectivity index is 1.79. The predicted octanol–water partition coefficient (Wildman–Crippen LogP) is 3.04. The van der Waals surface area contributed by atoms with E-state index in [4.69, 9.17) is 9.47 Å². The van der Waals surface area contributed by atoms with Crippen molar-refractivity contribution >= 4 is 6.09 Å². The molecule has 0 aromatic rings. The third-order valence-electron chi connectivity index (χ3n) is 5.05. The van der Waals surface area contributed by atoms with E-state index >= 15 is 0 Å². The summed E-state index contributed by atoms with van der Waals surface area (Å²) in [6.45, 7) is 13.6. The molecule has 2 aliphatic rings. The lowest BCUT2D eigenvalue weighted by Gasteiger charge is -2.37. The Kier molecular flexibility index (Phi) is 6.32. The second-order valence-electron chi connectivity index (χ2n) is 8.15. The quantitative estimate of drug-likeness (QED) is 0.863. The summed E-state index contributed by atoms with van der Waals surface area (Å²) in [4.78, 5) is 14.1. The van der Waals surface area contributed by atoms with Crippen LogP contribution in [0.4, 0.5) is 4.79 Å². The highest BCUT2D eigenvalue weighted by molar-refractivity contribution is 5.68. The Bertz CT molecular complexity index is 394. The molecular weight excluding hydrogens is 292 g/mol. The number of hydrogen-bond donors (Lipinski definition) is 1. The van der Waals surface area contributed by atoms with Crippen molar-refractivity contribution in [1.29, 1.82) is 0 Å². The van der Waals surface area contributed by atoms with Gasteiger partial charge in [-0.05, 0) is 65.7 Å². The maximum atomic E-state index is 12.3. The average Bonchev–Trinajstić information content (AvgIpc) is 2.88. The van der Waals surface area contributed by atoms with Crippen molar-refractivity contribution in [1.82, 2.24) is 10.2 Å². The fourth-order valence-electron chi connectivity index (χ4n) is 3.46. The molecule has 0 saturated carbocycles. The lowest BCUT2D eigenvalue weighted by molar-refractivity contribution is 0.0147. The molecular formula is C18H34N2O3. The van der Waals surface area contributed by atoms with E-state index in [1.165, 1.54) is 6.42 Å². The number of carbonyl (C=O) groups is 1. The molecule has 0 aromatic heterocycles. The number of amides is 1. The van der Waals surface area contributed by atoms with Crippen molar-refractivity contribution in [2.75, 3.05) is 26.2 Å². The zero-order valence-corrected chi connectivity index (χ0v) is 15.4. The third kappa shape index (κ3) is 5.64. The van der Waals surface area contributed by atoms with Crippen LogP contribution in [0, 0.1) is 11.8 Å². The van der Waals surface area contributed by atoms with Gasteiger partial charge in [0.1, 0.15) is 5.60 Å². The van der Waals surface area contributed by atoms with E-state index in [-0.39, 0.29) is 6.09 Å². The summed E-state index contributed by atoms with van der Waals surface area (Å²) in [6.07, 6.45) is 3.56. The Morgan fingerprint density at radius 3 is 2.74 bits per heavy atom. The first kappa shape index (κ1) is 18.5. The van der Waals surface area contributed by atoms with Crippen molar-refractivity contribution in [3.05, 3.63) is 0 Å². The van der Waals surface area contributed by atoms with Gasteiger partial charge in [0.25, 0.3) is 0 Å². The van der Waals surface area contributed by atoms with Crippen molar-refractivity contribution < 1.29 is 14.3 Å². The molecule has 1 N–H and O–H groups in total. The molecule has 0 radical (unpaired) electrons. The fourth-order valence-corrected chi connectivity index (χ4v) is 3.46. The van der Waals surface area contributed by atoms with E-state index in [1.54, 1.807) is 0 Å². The maximum Gasteiger partial charge on any atom is 0.410 e. The van der Waals surface area contributed by atoms with Crippen LogP contribution in [0.15, 0.2) is 0 Å². The Morgan fingerprint density at radius 2 is 2.13 bits per heavy atom. The second kappa shape index (κ2) is 7.84. The summed E-state index contributed by atoms with van der Waals surface area (Å²) in [5.41, 5.74) is -0.424. The standard InChI is InChI=1S/C18H34N2O3/c1-13(19-11-15-8-10-22-14(15)2)16-7-6-9-20(12-16)17(21)23-18(3,4)5/h13-16,19H,6-12H2,1-5H3. The van der Waals surface area contributed by atoms with Gasteiger partial charge in [0.15, 0.2) is 0 Å². The van der Waals surface area contributed by atoms with Crippen molar-refractivity contribution in [3.8, 4) is 0 Å². The number of nitrogens with zero attached hydrogens (tertiary/aromatic N) is 1. The van der Waals surface area contributed by atoms with Crippen LogP contribution in [0.1, 0.15) is 53.9 Å². The van der Waals surface area contributed by atoms with Crippen LogP contribution in [-0.4, -0.2) is 55.0 Å². The molecule has 2 rings (SSSR count). The molecule has 2 aliphatic heterocycles. The van der Waals surface area contributed by atoms with Crippen LogP contribution < -0.4 is 5.32 Å². The molecule has 2 saturated heterocycles. The molecule has 0 aromatic carbocycles. The smallest absolute Gasteiger partial charge is 0.410 e. The van der Waals surface area contributed by atoms with Gasteiger partial charge in [-0.3, -0.25) is 0 Å². The molecule has 4 unspecified atom stereocenters. The number of hydrogen-bond acceptors (Lipinski definition) is 4. The zero-order valence-electron chi connectivity index (χ0n) is 15.4. The number of rotatable bonds is 4. The summed E-state index contributed by atoms with van der Waals surface area (Å²) in [5, 5.41) is 3.67. The lowest BCUT2D eigenvalue weighted by atomic mass is 9.91. The minimum atomic E-state index is -0.424. The summed E-state index contributed by atoms with van der Waals surface area (Å²) in [5.74, 6) is 1.11. The van der Waals surface area contributed by atoms with E-state index in [9.17, 15) is 4.79 Å². The van der Waals surface area contributed by atoms with E-state index in [2.05, 4.69) is 19.2 Å². The van der Waals surface area contributed by atoms with Crippen molar-refractivity contribution in [2.24, 2.45) is 11.8 Å². The number of piperidine rings is 1. The minimum absolute atomic E-state index is 0.174. The van der Waals surface area contributed by atoms with E-state index in [0.717, 1.165) is 39.1 Å². The molecule has 0 bridgehead atoms. The molecule has 5 heteroatoms. The van der Waals surface area contributed by atoms with Gasteiger partial charge >= 0.3 is 6.09 Å². The van der Waals surface area contributed by atoms with Crippen LogP contribution in [0.25, 0.3) is 0 Å². The number of nitrogens with one attached hydrogen (secondary N) is 1. The Hall–Kier alpha value is -0.810. The Morgan fingerprint density at radius 1 is 1.39 bits per heavy atom. The summed E-state index contributed by atoms with van der Waals surface area (Å²) < 4.78 is 11.1. The first-order valence-electron chi connectivity index (χ1n) is 9.09. The first-order valence-corrected chi connectivity index (χ1v) is 9.09. The predicted molar refractivity (Wildman–Crippen MR) is 91.5 cm³/mol. The molecule has 2 heterocycles. The summed E-state index contributed by atoms with van der Waals surface area (Å²) >= 11 is 0. The molecule has 0 spiro atoms. The highest BCUT2D eigenvalue weighted by atomic mass is 16.6. The molecule has 4 atom stereocenters. The van der Waals surface area contributed by atoms with Gasteiger partial charge in [-0.25, -0.2) is 4.79 Å². The largest absolute Gasteiger partial charge is 0.444 e. The monoisotopic (exact) mass is 326 g/mol. The summed E-state index contributed by atoms with van der Waals surface area (Å²) in [6, 6.07) is 0.410. The molecule has 5 nitrogen and oxygen atoms in total. The van der Waals surface area contributed by atoms with Crippen LogP contribution in [-0.2, 0) is 9.47 Å². The number of carbonyl (C=O) groups excluding carboxylic acids is 1. The fraction of sp³-hybridized carbons (Fsp3) is 0.944. The van der Waals surface area contributed by atoms with Crippen molar-refractivity contribution in [3.63, 3.8) is 0 Å². The zero-order chi connectivity index (χ0) is 17.0. The van der Waals surface area contributed by atoms with Crippen LogP contribution >= 0.6 is 0 Å². The van der Waals surface area contributed by atoms with Crippen LogP contribution in [0.3, 0.4) is 0 Å². The highest BCUT2D eigenvalue weighted by Gasteiger charge is 2.31. The van der Waals surface area contributed by atoms with Gasteiger partial charge in [-0.15, -0.1) is 0 Å². The van der Waals surface area contributed by atoms with Gasteiger partial charge < -0.3 is 19.7 Å². The second-order valence-corrected chi connectivity index (χ2v) is 8.15. The highest BCUT2D eigenvalue weighted by Crippen LogP contribution is 2.23. The van der Waals surface area contributed by atoms with Gasteiger partial charge in [-0.1, -0.05) is 0 Å². The van der Waals surface area contributed by atoms with E-state index in [0.29, 0.717) is 24.0 Å². The maximum absolute atomic E-state index is 12.3. The average molecular weight is 326 g/mol. The van der Waals surface area contributed by atoms with Crippen LogP contribution in [0.5, 0.6) is 0 Å². The van der Waals surface area contributed by atoms with Gasteiger partial charge in [-0.2, -0.15) is 0 Å². The van der Waals surface area contributed by atoms with Gasteiger partial charge in [0, 0.05) is 32.3 Å². The lowest BCUT2D eigenvalue weighted by Crippen LogP contribution is -2.48. The van der Waals surface area contributed by atoms with Gasteiger partial charge in [0.05, 0.1) is 6.10 Å². The molecule has 0 aliphatic carbocycles. The first-order chi connectivity index (χ1) is 10.8. The van der Waals surface area contributed by atoms with E-state index in [1.807, 2.05) is 25.7 Å². The topological polar surface area (TPSA) is 50.8 Å². The number of ether oxygens (including phenoxy) is 2. The Labute approximate surface area is 141 Å². The minimum Gasteiger partial charge on any atom is -0.444 e. The van der Waals surface area contributed by atoms with Gasteiger partial charge in [0.2, 0.25) is 0 Å². The molecule has 23 heavy (non-hydrogen) atoms. The SMILES string of the molecule is CC(NCC1CCOC1C)C1CCCN(C(=O)OC(C)(C)C)C1. The molecule has 2 fully saturated rings.